The molecule has 2 aliphatic rings. The number of aromatic hydroxyl groups is 1. The van der Waals surface area contributed by atoms with Gasteiger partial charge in [-0.2, -0.15) is 0 Å². The van der Waals surface area contributed by atoms with Crippen molar-refractivity contribution in [3.63, 3.8) is 0 Å². The lowest BCUT2D eigenvalue weighted by molar-refractivity contribution is -0.117. The lowest BCUT2D eigenvalue weighted by atomic mass is 9.90. The van der Waals surface area contributed by atoms with Crippen LogP contribution in [-0.2, 0) is 21.2 Å². The van der Waals surface area contributed by atoms with Crippen molar-refractivity contribution >= 4 is 39.1 Å². The minimum absolute atomic E-state index is 0.00530. The second-order valence-corrected chi connectivity index (χ2v) is 10.5. The van der Waals surface area contributed by atoms with E-state index in [2.05, 4.69) is 14.6 Å². The number of hydrogen-bond donors (Lipinski definition) is 2. The third kappa shape index (κ3) is 5.12. The molecule has 0 bridgehead atoms. The number of aliphatic imine (C=N–C) groups is 1. The van der Waals surface area contributed by atoms with Gasteiger partial charge >= 0.3 is 0 Å². The molecule has 1 atom stereocenters. The van der Waals surface area contributed by atoms with Gasteiger partial charge in [0.15, 0.2) is 0 Å². The Morgan fingerprint density at radius 1 is 1.03 bits per heavy atom. The summed E-state index contributed by atoms with van der Waals surface area (Å²) in [4.78, 5) is 18.9. The van der Waals surface area contributed by atoms with Gasteiger partial charge in [-0.15, -0.1) is 0 Å². The number of nitrogens with zero attached hydrogens (tertiary/aromatic N) is 2. The summed E-state index contributed by atoms with van der Waals surface area (Å²) >= 11 is 0. The third-order valence-corrected chi connectivity index (χ3v) is 7.46. The minimum atomic E-state index is -3.50. The first-order valence-corrected chi connectivity index (χ1v) is 13.1. The molecule has 0 fully saturated rings. The fraction of sp³-hybridized carbons (Fsp3) is 0.185. The maximum atomic E-state index is 12.6. The summed E-state index contributed by atoms with van der Waals surface area (Å²) in [5, 5.41) is 9.82. The topological polar surface area (TPSA) is 99.1 Å². The average molecular weight is 488 g/mol. The Balaban J connectivity index is 1.34. The second kappa shape index (κ2) is 9.38. The summed E-state index contributed by atoms with van der Waals surface area (Å²) < 4.78 is 27.8. The van der Waals surface area contributed by atoms with E-state index in [1.807, 2.05) is 54.6 Å². The van der Waals surface area contributed by atoms with Gasteiger partial charge in [0.2, 0.25) is 15.9 Å². The van der Waals surface area contributed by atoms with Crippen molar-refractivity contribution in [3.8, 4) is 5.75 Å². The molecule has 1 unspecified atom stereocenters. The van der Waals surface area contributed by atoms with Crippen LogP contribution in [0, 0.1) is 0 Å². The van der Waals surface area contributed by atoms with Crippen LogP contribution in [0.2, 0.25) is 0 Å². The number of rotatable bonds is 6. The number of aryl methyl sites for hydroxylation is 1. The molecule has 0 saturated heterocycles. The molecule has 1 aliphatic heterocycles. The Labute approximate surface area is 204 Å². The molecule has 1 heterocycles. The zero-order chi connectivity index (χ0) is 24.4. The summed E-state index contributed by atoms with van der Waals surface area (Å²) in [6.07, 6.45) is 4.61. The van der Waals surface area contributed by atoms with Gasteiger partial charge in [-0.3, -0.25) is 9.52 Å². The van der Waals surface area contributed by atoms with Crippen molar-refractivity contribution in [2.24, 2.45) is 4.99 Å². The zero-order valence-electron chi connectivity index (χ0n) is 19.0. The Hall–Kier alpha value is -3.91. The number of anilines is 2. The highest BCUT2D eigenvalue weighted by Gasteiger charge is 2.31. The number of amides is 1. The fourth-order valence-electron chi connectivity index (χ4n) is 4.43. The van der Waals surface area contributed by atoms with Crippen LogP contribution in [0.5, 0.6) is 5.75 Å². The van der Waals surface area contributed by atoms with Gasteiger partial charge in [0.25, 0.3) is 0 Å². The minimum Gasteiger partial charge on any atom is -0.508 e. The maximum Gasteiger partial charge on any atom is 0.247 e. The van der Waals surface area contributed by atoms with Crippen molar-refractivity contribution in [2.45, 2.75) is 18.9 Å². The van der Waals surface area contributed by atoms with Crippen molar-refractivity contribution < 1.29 is 18.3 Å². The van der Waals surface area contributed by atoms with Gasteiger partial charge in [-0.05, 0) is 60.0 Å². The van der Waals surface area contributed by atoms with E-state index in [0.717, 1.165) is 22.4 Å². The van der Waals surface area contributed by atoms with Gasteiger partial charge in [0, 0.05) is 29.9 Å². The molecule has 0 radical (unpaired) electrons. The first-order chi connectivity index (χ1) is 16.9. The van der Waals surface area contributed by atoms with Crippen molar-refractivity contribution in [3.05, 3.63) is 95.6 Å². The van der Waals surface area contributed by atoms with E-state index in [0.29, 0.717) is 24.4 Å². The number of phenols is 1. The maximum absolute atomic E-state index is 12.6. The number of sulfonamides is 1. The SMILES string of the molecule is O=C1CCN(c2ccc(NS(=O)(=O)CCc3ccccc3)cc2)C2C=Cc3cc(O)ccc3C2=N1. The highest BCUT2D eigenvalue weighted by atomic mass is 32.2. The molecule has 178 valence electrons. The van der Waals surface area contributed by atoms with E-state index < -0.39 is 10.0 Å². The van der Waals surface area contributed by atoms with Gasteiger partial charge < -0.3 is 10.0 Å². The van der Waals surface area contributed by atoms with Crippen molar-refractivity contribution in [1.82, 2.24) is 0 Å². The number of benzene rings is 3. The van der Waals surface area contributed by atoms with E-state index in [9.17, 15) is 18.3 Å². The summed E-state index contributed by atoms with van der Waals surface area (Å²) in [6.45, 7) is 0.483. The van der Waals surface area contributed by atoms with Crippen LogP contribution in [-0.4, -0.2) is 43.5 Å². The van der Waals surface area contributed by atoms with E-state index in [1.54, 1.807) is 30.3 Å². The Kier molecular flexibility index (Phi) is 6.13. The smallest absolute Gasteiger partial charge is 0.247 e. The molecule has 3 aromatic rings. The molecular formula is C27H25N3O4S. The monoisotopic (exact) mass is 487 g/mol. The Morgan fingerprint density at radius 3 is 2.57 bits per heavy atom. The third-order valence-electron chi connectivity index (χ3n) is 6.17. The van der Waals surface area contributed by atoms with Crippen molar-refractivity contribution in [2.75, 3.05) is 21.9 Å². The number of carbonyl (C=O) groups excluding carboxylic acids is 1. The van der Waals surface area contributed by atoms with Crippen LogP contribution in [0.25, 0.3) is 6.08 Å². The molecule has 1 amide bonds. The van der Waals surface area contributed by atoms with Gasteiger partial charge in [0.05, 0.1) is 17.5 Å². The average Bonchev–Trinajstić information content (AvgIpc) is 3.02. The van der Waals surface area contributed by atoms with Crippen LogP contribution in [0.1, 0.15) is 23.1 Å². The molecule has 8 heteroatoms. The van der Waals surface area contributed by atoms with E-state index in [4.69, 9.17) is 0 Å². The highest BCUT2D eigenvalue weighted by Crippen LogP contribution is 2.31. The summed E-state index contributed by atoms with van der Waals surface area (Å²) in [6, 6.07) is 21.5. The molecule has 1 aliphatic carbocycles. The largest absolute Gasteiger partial charge is 0.508 e. The van der Waals surface area contributed by atoms with Crippen LogP contribution >= 0.6 is 0 Å². The molecule has 35 heavy (non-hydrogen) atoms. The van der Waals surface area contributed by atoms with Gasteiger partial charge in [-0.25, -0.2) is 13.4 Å². The fourth-order valence-corrected chi connectivity index (χ4v) is 5.53. The quantitative estimate of drug-likeness (QED) is 0.548. The Bertz CT molecular complexity index is 1410. The Morgan fingerprint density at radius 2 is 1.80 bits per heavy atom. The number of phenolic OH excluding ortho intramolecular Hbond substituents is 1. The van der Waals surface area contributed by atoms with E-state index in [1.165, 1.54) is 0 Å². The molecule has 7 nitrogen and oxygen atoms in total. The predicted octanol–water partition coefficient (Wildman–Crippen LogP) is 4.00. The standard InChI is InChI=1S/C27H25N3O4S/c31-23-11-12-24-20(18-23)6-13-25-27(24)28-26(32)14-16-30(25)22-9-7-21(8-10-22)29-35(33,34)17-15-19-4-2-1-3-5-19/h1-13,18,25,29,31H,14-17H2. The van der Waals surface area contributed by atoms with E-state index in [-0.39, 0.29) is 29.9 Å². The van der Waals surface area contributed by atoms with Gasteiger partial charge in [0.1, 0.15) is 5.75 Å². The first-order valence-electron chi connectivity index (χ1n) is 11.4. The second-order valence-electron chi connectivity index (χ2n) is 8.61. The number of hydrogen-bond acceptors (Lipinski definition) is 5. The summed E-state index contributed by atoms with van der Waals surface area (Å²) in [5.41, 5.74) is 4.60. The number of nitrogens with one attached hydrogen (secondary N) is 1. The predicted molar refractivity (Wildman–Crippen MR) is 138 cm³/mol. The molecular weight excluding hydrogens is 462 g/mol. The molecule has 2 N–H and O–H groups in total. The molecule has 0 aromatic heterocycles. The highest BCUT2D eigenvalue weighted by molar-refractivity contribution is 7.92. The van der Waals surface area contributed by atoms with Crippen LogP contribution < -0.4 is 9.62 Å². The van der Waals surface area contributed by atoms with Gasteiger partial charge in [-0.1, -0.05) is 42.5 Å². The van der Waals surface area contributed by atoms with Crippen LogP contribution in [0.15, 0.2) is 83.9 Å². The number of fused-ring (bicyclic) bond motifs is 3. The van der Waals surface area contributed by atoms with Crippen LogP contribution in [0.4, 0.5) is 11.4 Å². The molecule has 3 aromatic carbocycles. The number of carbonyl (C=O) groups is 1. The molecule has 0 spiro atoms. The summed E-state index contributed by atoms with van der Waals surface area (Å²) in [7, 11) is -3.50. The molecule has 5 rings (SSSR count). The van der Waals surface area contributed by atoms with Crippen LogP contribution in [0.3, 0.4) is 0 Å². The normalized spacial score (nSPS) is 17.3. The van der Waals surface area contributed by atoms with Crippen molar-refractivity contribution in [1.29, 1.82) is 0 Å². The first kappa shape index (κ1) is 22.9. The lowest BCUT2D eigenvalue weighted by Gasteiger charge is -2.33. The van der Waals surface area contributed by atoms with E-state index >= 15 is 0 Å². The zero-order valence-corrected chi connectivity index (χ0v) is 19.8. The summed E-state index contributed by atoms with van der Waals surface area (Å²) in [5.74, 6) is -0.0371. The molecule has 0 saturated carbocycles. The lowest BCUT2D eigenvalue weighted by Crippen LogP contribution is -2.41.